The molecule has 0 bridgehead atoms. The van der Waals surface area contributed by atoms with Crippen molar-refractivity contribution in [1.82, 2.24) is 20.8 Å². The van der Waals surface area contributed by atoms with Gasteiger partial charge >= 0.3 is 0 Å². The van der Waals surface area contributed by atoms with E-state index in [-0.39, 0.29) is 42.8 Å². The van der Waals surface area contributed by atoms with Gasteiger partial charge < -0.3 is 20.8 Å². The van der Waals surface area contributed by atoms with Gasteiger partial charge in [-0.1, -0.05) is 18.2 Å². The molecule has 26 heavy (non-hydrogen) atoms. The Balaban J connectivity index is 1.44. The second-order valence-corrected chi connectivity index (χ2v) is 5.53. The number of nitrogens with two attached hydrogens (primary N) is 1. The number of benzene rings is 1. The molecule has 0 aliphatic heterocycles. The molecule has 3 rings (SSSR count). The minimum Gasteiger partial charge on any atom is -0.454 e. The number of aromatic nitrogens is 2. The van der Waals surface area contributed by atoms with Gasteiger partial charge in [0.1, 0.15) is 5.76 Å². The highest BCUT2D eigenvalue weighted by Gasteiger charge is 2.14. The summed E-state index contributed by atoms with van der Waals surface area (Å²) in [5.41, 5.74) is 6.14. The van der Waals surface area contributed by atoms with Crippen LogP contribution in [0.2, 0.25) is 0 Å². The van der Waals surface area contributed by atoms with Gasteiger partial charge in [0.25, 0.3) is 11.8 Å². The standard InChI is InChI=1S/C17H17N5O4/c18-16(24)13-6-5-10(26-13)9-20-14(23)7-8-19-17(25)15-11-3-1-2-4-12(11)21-22-15/h1-6H,7-9H2,(H2,18,24)(H,19,25)(H,20,23)(H,21,22). The Morgan fingerprint density at radius 1 is 1.12 bits per heavy atom. The number of primary amides is 1. The highest BCUT2D eigenvalue weighted by atomic mass is 16.4. The lowest BCUT2D eigenvalue weighted by atomic mass is 10.2. The number of fused-ring (bicyclic) bond motifs is 1. The maximum atomic E-state index is 12.2. The fourth-order valence-corrected chi connectivity index (χ4v) is 2.39. The van der Waals surface area contributed by atoms with E-state index in [9.17, 15) is 14.4 Å². The molecule has 1 aromatic carbocycles. The molecule has 3 amide bonds. The number of furan rings is 1. The van der Waals surface area contributed by atoms with Crippen LogP contribution in [-0.2, 0) is 11.3 Å². The van der Waals surface area contributed by atoms with E-state index in [1.165, 1.54) is 6.07 Å². The Morgan fingerprint density at radius 3 is 2.69 bits per heavy atom. The van der Waals surface area contributed by atoms with Crippen LogP contribution in [0.1, 0.15) is 33.2 Å². The van der Waals surface area contributed by atoms with Crippen molar-refractivity contribution in [2.75, 3.05) is 6.54 Å². The molecule has 0 unspecified atom stereocenters. The van der Waals surface area contributed by atoms with Gasteiger partial charge in [-0.2, -0.15) is 5.10 Å². The van der Waals surface area contributed by atoms with Crippen molar-refractivity contribution >= 4 is 28.6 Å². The first-order valence-electron chi connectivity index (χ1n) is 7.91. The number of hydrogen-bond donors (Lipinski definition) is 4. The summed E-state index contributed by atoms with van der Waals surface area (Å²) in [4.78, 5) is 34.9. The summed E-state index contributed by atoms with van der Waals surface area (Å²) in [6, 6.07) is 10.3. The highest BCUT2D eigenvalue weighted by Crippen LogP contribution is 2.14. The molecular formula is C17H17N5O4. The minimum atomic E-state index is -0.670. The Hall–Kier alpha value is -3.62. The van der Waals surface area contributed by atoms with Gasteiger partial charge in [-0.25, -0.2) is 0 Å². The number of carbonyl (C=O) groups is 3. The summed E-state index contributed by atoms with van der Waals surface area (Å²) in [6.45, 7) is 0.292. The number of para-hydroxylation sites is 1. The fourth-order valence-electron chi connectivity index (χ4n) is 2.39. The highest BCUT2D eigenvalue weighted by molar-refractivity contribution is 6.04. The molecule has 0 spiro atoms. The number of H-pyrrole nitrogens is 1. The van der Waals surface area contributed by atoms with Gasteiger partial charge in [0.05, 0.1) is 12.1 Å². The SMILES string of the molecule is NC(=O)c1ccc(CNC(=O)CCNC(=O)c2n[nH]c3ccccc23)o1. The Bertz CT molecular complexity index is 959. The van der Waals surface area contributed by atoms with Crippen molar-refractivity contribution in [3.8, 4) is 0 Å². The maximum Gasteiger partial charge on any atom is 0.284 e. The third kappa shape index (κ3) is 3.89. The molecule has 0 saturated carbocycles. The van der Waals surface area contributed by atoms with Crippen LogP contribution in [0.5, 0.6) is 0 Å². The first kappa shape index (κ1) is 17.2. The van der Waals surface area contributed by atoms with Gasteiger partial charge in [-0.05, 0) is 18.2 Å². The van der Waals surface area contributed by atoms with Gasteiger partial charge in [-0.15, -0.1) is 0 Å². The van der Waals surface area contributed by atoms with Crippen molar-refractivity contribution in [3.05, 3.63) is 53.6 Å². The number of hydrogen-bond acceptors (Lipinski definition) is 5. The zero-order valence-corrected chi connectivity index (χ0v) is 13.7. The molecule has 0 fully saturated rings. The molecule has 2 aromatic heterocycles. The van der Waals surface area contributed by atoms with E-state index in [1.807, 2.05) is 18.2 Å². The zero-order chi connectivity index (χ0) is 18.5. The molecule has 9 nitrogen and oxygen atoms in total. The number of amides is 3. The van der Waals surface area contributed by atoms with Crippen molar-refractivity contribution < 1.29 is 18.8 Å². The Labute approximate surface area is 147 Å². The van der Waals surface area contributed by atoms with Crippen molar-refractivity contribution in [2.45, 2.75) is 13.0 Å². The molecule has 0 atom stereocenters. The smallest absolute Gasteiger partial charge is 0.284 e. The van der Waals surface area contributed by atoms with E-state index in [2.05, 4.69) is 20.8 Å². The molecule has 2 heterocycles. The third-order valence-electron chi connectivity index (χ3n) is 3.69. The Kier molecular flexibility index (Phi) is 4.97. The summed E-state index contributed by atoms with van der Waals surface area (Å²) in [6.07, 6.45) is 0.0947. The van der Waals surface area contributed by atoms with Crippen LogP contribution in [0.3, 0.4) is 0 Å². The van der Waals surface area contributed by atoms with Gasteiger partial charge in [0.2, 0.25) is 5.91 Å². The van der Waals surface area contributed by atoms with Gasteiger partial charge in [0, 0.05) is 18.4 Å². The predicted octanol–water partition coefficient (Wildman–Crippen LogP) is 0.691. The van der Waals surface area contributed by atoms with Crippen LogP contribution >= 0.6 is 0 Å². The first-order valence-corrected chi connectivity index (χ1v) is 7.91. The summed E-state index contributed by atoms with van der Waals surface area (Å²) >= 11 is 0. The van der Waals surface area contributed by atoms with Gasteiger partial charge in [0.15, 0.2) is 11.5 Å². The van der Waals surface area contributed by atoms with Crippen LogP contribution < -0.4 is 16.4 Å². The zero-order valence-electron chi connectivity index (χ0n) is 13.7. The molecule has 0 aliphatic carbocycles. The van der Waals surface area contributed by atoms with Crippen molar-refractivity contribution in [3.63, 3.8) is 0 Å². The van der Waals surface area contributed by atoms with E-state index in [0.29, 0.717) is 5.76 Å². The summed E-state index contributed by atoms with van der Waals surface area (Å²) in [7, 11) is 0. The van der Waals surface area contributed by atoms with Crippen molar-refractivity contribution in [2.24, 2.45) is 5.73 Å². The number of aromatic amines is 1. The molecule has 9 heteroatoms. The van der Waals surface area contributed by atoms with Gasteiger partial charge in [-0.3, -0.25) is 19.5 Å². The number of nitrogens with zero attached hydrogens (tertiary/aromatic N) is 1. The molecule has 0 aliphatic rings. The molecule has 0 saturated heterocycles. The molecule has 3 aromatic rings. The number of nitrogens with one attached hydrogen (secondary N) is 3. The second kappa shape index (κ2) is 7.51. The lowest BCUT2D eigenvalue weighted by Crippen LogP contribution is -2.30. The quantitative estimate of drug-likeness (QED) is 0.493. The topological polar surface area (TPSA) is 143 Å². The summed E-state index contributed by atoms with van der Waals surface area (Å²) < 4.78 is 5.16. The monoisotopic (exact) mass is 355 g/mol. The lowest BCUT2D eigenvalue weighted by molar-refractivity contribution is -0.121. The predicted molar refractivity (Wildman–Crippen MR) is 92.1 cm³/mol. The lowest BCUT2D eigenvalue weighted by Gasteiger charge is -2.05. The van der Waals surface area contributed by atoms with Crippen LogP contribution in [-0.4, -0.2) is 34.5 Å². The second-order valence-electron chi connectivity index (χ2n) is 5.53. The minimum absolute atomic E-state index is 0.0349. The number of rotatable bonds is 7. The molecule has 0 radical (unpaired) electrons. The van der Waals surface area contributed by atoms with Crippen LogP contribution in [0, 0.1) is 0 Å². The van der Waals surface area contributed by atoms with E-state index in [4.69, 9.17) is 10.2 Å². The number of carbonyl (C=O) groups excluding carboxylic acids is 3. The first-order chi connectivity index (χ1) is 12.5. The average molecular weight is 355 g/mol. The summed E-state index contributed by atoms with van der Waals surface area (Å²) in [5.74, 6) is -0.843. The maximum absolute atomic E-state index is 12.2. The fraction of sp³-hybridized carbons (Fsp3) is 0.176. The Morgan fingerprint density at radius 2 is 1.92 bits per heavy atom. The van der Waals surface area contributed by atoms with Crippen LogP contribution in [0.4, 0.5) is 0 Å². The van der Waals surface area contributed by atoms with Crippen molar-refractivity contribution in [1.29, 1.82) is 0 Å². The van der Waals surface area contributed by atoms with E-state index in [0.717, 1.165) is 10.9 Å². The molecule has 134 valence electrons. The van der Waals surface area contributed by atoms with E-state index in [1.54, 1.807) is 12.1 Å². The average Bonchev–Trinajstić information content (AvgIpc) is 3.27. The van der Waals surface area contributed by atoms with Crippen LogP contribution in [0.25, 0.3) is 10.9 Å². The molecular weight excluding hydrogens is 338 g/mol. The summed E-state index contributed by atoms with van der Waals surface area (Å²) in [5, 5.41) is 12.8. The molecule has 5 N–H and O–H groups in total. The normalized spacial score (nSPS) is 10.6. The van der Waals surface area contributed by atoms with E-state index < -0.39 is 5.91 Å². The van der Waals surface area contributed by atoms with E-state index >= 15 is 0 Å². The largest absolute Gasteiger partial charge is 0.454 e. The van der Waals surface area contributed by atoms with Crippen LogP contribution in [0.15, 0.2) is 40.8 Å². The third-order valence-corrected chi connectivity index (χ3v) is 3.69.